The van der Waals surface area contributed by atoms with Crippen LogP contribution in [0.2, 0.25) is 0 Å². The number of guanidine groups is 2. The summed E-state index contributed by atoms with van der Waals surface area (Å²) in [7, 11) is -1.43. The first-order valence-electron chi connectivity index (χ1n) is 9.89. The molecular formula is C20H24BN7O5. The maximum Gasteiger partial charge on any atom is 0.547 e. The summed E-state index contributed by atoms with van der Waals surface area (Å²) >= 11 is 0. The Labute approximate surface area is 189 Å². The fraction of sp³-hybridized carbons (Fsp3) is 0.200. The molecule has 0 fully saturated rings. The SMILES string of the molecule is NC(N)=NCc1ccc(C(=O)N[C@H]2Cc3cccc(C(=O)O)c3OB2O)cc1CN=C(N)N. The largest absolute Gasteiger partial charge is 0.547 e. The number of carboxylic acid groups (broad SMARTS) is 1. The molecule has 172 valence electrons. The summed E-state index contributed by atoms with van der Waals surface area (Å²) in [5.41, 5.74) is 23.8. The van der Waals surface area contributed by atoms with E-state index >= 15 is 0 Å². The van der Waals surface area contributed by atoms with Crippen LogP contribution in [0.15, 0.2) is 46.4 Å². The van der Waals surface area contributed by atoms with Crippen molar-refractivity contribution in [2.45, 2.75) is 25.5 Å². The van der Waals surface area contributed by atoms with Crippen molar-refractivity contribution in [3.8, 4) is 5.75 Å². The molecule has 2 aromatic rings. The number of hydrogen-bond donors (Lipinski definition) is 7. The minimum Gasteiger partial charge on any atom is -0.534 e. The first kappa shape index (κ1) is 23.4. The maximum atomic E-state index is 12.9. The Morgan fingerprint density at radius 3 is 2.36 bits per heavy atom. The van der Waals surface area contributed by atoms with Gasteiger partial charge in [-0.3, -0.25) is 4.79 Å². The lowest BCUT2D eigenvalue weighted by Gasteiger charge is -2.29. The summed E-state index contributed by atoms with van der Waals surface area (Å²) in [6.07, 6.45) is 0.187. The molecule has 0 unspecified atom stereocenters. The molecule has 1 aliphatic heterocycles. The van der Waals surface area contributed by atoms with Crippen LogP contribution in [0, 0.1) is 0 Å². The standard InChI is InChI=1S/C20H24BN7O5/c22-19(23)26-8-12-5-4-11(6-13(12)9-27-20(24)25)17(29)28-15-7-10-2-1-3-14(18(30)31)16(10)33-21(15)32/h1-6,15,32H,7-9H2,(H,28,29)(H,30,31)(H4,22,23,26)(H4,24,25,27)/t15-/m0/s1. The third kappa shape index (κ3) is 5.71. The van der Waals surface area contributed by atoms with Crippen molar-refractivity contribution in [1.82, 2.24) is 5.32 Å². The van der Waals surface area contributed by atoms with Crippen molar-refractivity contribution in [2.24, 2.45) is 32.9 Å². The lowest BCUT2D eigenvalue weighted by atomic mass is 9.72. The number of aromatic carboxylic acids is 1. The zero-order valence-corrected chi connectivity index (χ0v) is 17.6. The average Bonchev–Trinajstić information content (AvgIpc) is 2.76. The van der Waals surface area contributed by atoms with E-state index in [0.29, 0.717) is 16.7 Å². The summed E-state index contributed by atoms with van der Waals surface area (Å²) in [4.78, 5) is 32.2. The highest BCUT2D eigenvalue weighted by Crippen LogP contribution is 2.30. The van der Waals surface area contributed by atoms with Gasteiger partial charge in [0.2, 0.25) is 0 Å². The van der Waals surface area contributed by atoms with E-state index < -0.39 is 24.9 Å². The summed E-state index contributed by atoms with van der Waals surface area (Å²) in [5, 5.41) is 22.4. The first-order valence-corrected chi connectivity index (χ1v) is 9.89. The van der Waals surface area contributed by atoms with E-state index in [0.717, 1.165) is 5.56 Å². The number of fused-ring (bicyclic) bond motifs is 1. The molecule has 1 atom stereocenters. The van der Waals surface area contributed by atoms with Gasteiger partial charge >= 0.3 is 13.1 Å². The van der Waals surface area contributed by atoms with Crippen molar-refractivity contribution in [2.75, 3.05) is 0 Å². The summed E-state index contributed by atoms with van der Waals surface area (Å²) in [5.74, 6) is -2.54. The number of hydrogen-bond acceptors (Lipinski definition) is 6. The number of carboxylic acids is 1. The molecule has 33 heavy (non-hydrogen) atoms. The summed E-state index contributed by atoms with van der Waals surface area (Å²) < 4.78 is 5.41. The van der Waals surface area contributed by atoms with Gasteiger partial charge in [-0.1, -0.05) is 18.2 Å². The third-order valence-electron chi connectivity index (χ3n) is 5.00. The number of nitrogens with two attached hydrogens (primary N) is 4. The highest BCUT2D eigenvalue weighted by Gasteiger charge is 2.37. The molecule has 0 spiro atoms. The number of para-hydroxylation sites is 1. The molecule has 12 nitrogen and oxygen atoms in total. The minimum atomic E-state index is -1.43. The molecule has 3 rings (SSSR count). The van der Waals surface area contributed by atoms with E-state index in [1.807, 2.05) is 0 Å². The van der Waals surface area contributed by atoms with Crippen LogP contribution in [0.25, 0.3) is 0 Å². The Hall–Kier alpha value is -4.26. The molecule has 13 heteroatoms. The van der Waals surface area contributed by atoms with E-state index in [1.165, 1.54) is 6.07 Å². The van der Waals surface area contributed by atoms with E-state index in [9.17, 15) is 19.7 Å². The molecule has 0 radical (unpaired) electrons. The van der Waals surface area contributed by atoms with Gasteiger partial charge in [-0.2, -0.15) is 0 Å². The maximum absolute atomic E-state index is 12.9. The monoisotopic (exact) mass is 453 g/mol. The van der Waals surface area contributed by atoms with E-state index in [-0.39, 0.29) is 42.7 Å². The van der Waals surface area contributed by atoms with Crippen LogP contribution in [0.1, 0.15) is 37.4 Å². The highest BCUT2D eigenvalue weighted by atomic mass is 16.5. The van der Waals surface area contributed by atoms with Crippen molar-refractivity contribution >= 4 is 30.9 Å². The Kier molecular flexibility index (Phi) is 7.03. The highest BCUT2D eigenvalue weighted by molar-refractivity contribution is 6.47. The van der Waals surface area contributed by atoms with Crippen molar-refractivity contribution in [3.63, 3.8) is 0 Å². The van der Waals surface area contributed by atoms with Crippen LogP contribution in [-0.4, -0.2) is 47.0 Å². The van der Waals surface area contributed by atoms with Gasteiger partial charge in [-0.05, 0) is 41.3 Å². The Morgan fingerprint density at radius 2 is 1.73 bits per heavy atom. The van der Waals surface area contributed by atoms with Crippen LogP contribution in [-0.2, 0) is 19.5 Å². The molecule has 1 amide bonds. The minimum absolute atomic E-state index is 0.0583. The van der Waals surface area contributed by atoms with Crippen molar-refractivity contribution in [3.05, 3.63) is 64.2 Å². The second-order valence-corrected chi connectivity index (χ2v) is 7.36. The van der Waals surface area contributed by atoms with Crippen LogP contribution in [0.4, 0.5) is 0 Å². The number of rotatable bonds is 7. The first-order chi connectivity index (χ1) is 15.7. The van der Waals surface area contributed by atoms with Crippen molar-refractivity contribution < 1.29 is 24.4 Å². The second kappa shape index (κ2) is 9.91. The zero-order chi connectivity index (χ0) is 24.1. The Balaban J connectivity index is 1.81. The lowest BCUT2D eigenvalue weighted by molar-refractivity contribution is 0.0693. The summed E-state index contributed by atoms with van der Waals surface area (Å²) in [6, 6.07) is 9.51. The zero-order valence-electron chi connectivity index (χ0n) is 17.6. The van der Waals surface area contributed by atoms with Gasteiger partial charge in [-0.15, -0.1) is 0 Å². The molecule has 0 aliphatic carbocycles. The van der Waals surface area contributed by atoms with Crippen LogP contribution < -0.4 is 32.9 Å². The number of benzene rings is 2. The van der Waals surface area contributed by atoms with Gasteiger partial charge in [0.1, 0.15) is 5.75 Å². The van der Waals surface area contributed by atoms with E-state index in [4.69, 9.17) is 27.6 Å². The van der Waals surface area contributed by atoms with Gasteiger partial charge < -0.3 is 43.0 Å². The number of nitrogens with zero attached hydrogens (tertiary/aromatic N) is 2. The molecular weight excluding hydrogens is 429 g/mol. The van der Waals surface area contributed by atoms with Gasteiger partial charge in [-0.25, -0.2) is 14.8 Å². The summed E-state index contributed by atoms with van der Waals surface area (Å²) in [6.45, 7) is 0.288. The topological polar surface area (TPSA) is 225 Å². The predicted molar refractivity (Wildman–Crippen MR) is 122 cm³/mol. The van der Waals surface area contributed by atoms with E-state index in [2.05, 4.69) is 15.3 Å². The molecule has 0 saturated heterocycles. The number of carbonyl (C=O) groups excluding carboxylic acids is 1. The van der Waals surface area contributed by atoms with Crippen LogP contribution >= 0.6 is 0 Å². The van der Waals surface area contributed by atoms with Crippen LogP contribution in [0.5, 0.6) is 5.75 Å². The number of nitrogens with one attached hydrogen (secondary N) is 1. The molecule has 0 aromatic heterocycles. The van der Waals surface area contributed by atoms with E-state index in [1.54, 1.807) is 30.3 Å². The third-order valence-corrected chi connectivity index (χ3v) is 5.00. The quantitative estimate of drug-likeness (QED) is 0.150. The van der Waals surface area contributed by atoms with Gasteiger partial charge in [0.15, 0.2) is 11.9 Å². The van der Waals surface area contributed by atoms with Crippen molar-refractivity contribution in [1.29, 1.82) is 0 Å². The molecule has 1 heterocycles. The normalized spacial score (nSPS) is 14.5. The Morgan fingerprint density at radius 1 is 1.06 bits per heavy atom. The molecule has 0 saturated carbocycles. The second-order valence-electron chi connectivity index (χ2n) is 7.36. The fourth-order valence-corrected chi connectivity index (χ4v) is 3.39. The molecule has 0 bridgehead atoms. The Bertz CT molecular complexity index is 1130. The van der Waals surface area contributed by atoms with Gasteiger partial charge in [0, 0.05) is 5.56 Å². The fourth-order valence-electron chi connectivity index (χ4n) is 3.39. The number of amides is 1. The number of carbonyl (C=O) groups is 2. The van der Waals surface area contributed by atoms with Gasteiger partial charge in [0.25, 0.3) is 5.91 Å². The average molecular weight is 453 g/mol. The van der Waals surface area contributed by atoms with Gasteiger partial charge in [0.05, 0.1) is 24.6 Å². The molecule has 11 N–H and O–H groups in total. The molecule has 1 aliphatic rings. The molecule has 2 aromatic carbocycles. The van der Waals surface area contributed by atoms with Crippen LogP contribution in [0.3, 0.4) is 0 Å². The predicted octanol–water partition coefficient (Wildman–Crippen LogP) is -1.32. The lowest BCUT2D eigenvalue weighted by Crippen LogP contribution is -2.53. The smallest absolute Gasteiger partial charge is 0.534 e. The number of aliphatic imine (C=N–C) groups is 2.